The van der Waals surface area contributed by atoms with Gasteiger partial charge in [-0.3, -0.25) is 4.90 Å². The van der Waals surface area contributed by atoms with Gasteiger partial charge in [-0.2, -0.15) is 0 Å². The molecule has 2 heterocycles. The first-order chi connectivity index (χ1) is 13.0. The highest BCUT2D eigenvalue weighted by Gasteiger charge is 2.26. The fraction of sp³-hybridized carbons (Fsp3) is 0.286. The maximum absolute atomic E-state index is 12.2. The number of phenolic OH excluding ortho intramolecular Hbond substituents is 1. The van der Waals surface area contributed by atoms with Crippen LogP contribution in [0.5, 0.6) is 5.75 Å². The first-order valence-electron chi connectivity index (χ1n) is 9.10. The van der Waals surface area contributed by atoms with Crippen LogP contribution in [0.4, 0.5) is 0 Å². The zero-order chi connectivity index (χ0) is 19.0. The molecule has 1 aromatic heterocycles. The third kappa shape index (κ3) is 3.29. The van der Waals surface area contributed by atoms with Gasteiger partial charge in [0.2, 0.25) is 0 Å². The number of hydrogen-bond donors (Lipinski definition) is 2. The number of para-hydroxylation sites is 1. The van der Waals surface area contributed by atoms with Crippen LogP contribution in [-0.2, 0) is 6.54 Å². The van der Waals surface area contributed by atoms with E-state index >= 15 is 0 Å². The van der Waals surface area contributed by atoms with Crippen LogP contribution in [0.15, 0.2) is 48.5 Å². The smallest absolute Gasteiger partial charge is 0.338 e. The normalized spacial score (nSPS) is 16.0. The van der Waals surface area contributed by atoms with E-state index in [1.165, 1.54) is 0 Å². The minimum absolute atomic E-state index is 0.0707. The van der Waals surface area contributed by atoms with Gasteiger partial charge in [0.05, 0.1) is 16.8 Å². The number of fused-ring (bicyclic) bond motifs is 1. The van der Waals surface area contributed by atoms with Gasteiger partial charge >= 0.3 is 5.97 Å². The van der Waals surface area contributed by atoms with Crippen LogP contribution < -0.4 is 0 Å². The van der Waals surface area contributed by atoms with Gasteiger partial charge in [0.1, 0.15) is 5.75 Å². The van der Waals surface area contributed by atoms with Crippen LogP contribution >= 0.6 is 0 Å². The summed E-state index contributed by atoms with van der Waals surface area (Å²) in [5.74, 6) is -0.897. The largest absolute Gasteiger partial charge is 0.508 e. The van der Waals surface area contributed by atoms with E-state index < -0.39 is 5.97 Å². The Balaban J connectivity index is 1.91. The SMILES string of the molecule is CN1CCN(Cc2c(C(=O)O)c3cc(O)ccc3n2-c2ccccc2)CC1. The van der Waals surface area contributed by atoms with Crippen molar-refractivity contribution in [3.63, 3.8) is 0 Å². The monoisotopic (exact) mass is 365 g/mol. The molecule has 1 saturated heterocycles. The van der Waals surface area contributed by atoms with E-state index in [0.29, 0.717) is 11.9 Å². The molecule has 0 amide bonds. The minimum Gasteiger partial charge on any atom is -0.508 e. The van der Waals surface area contributed by atoms with E-state index in [1.807, 2.05) is 34.9 Å². The van der Waals surface area contributed by atoms with Crippen LogP contribution in [-0.4, -0.2) is 63.8 Å². The molecule has 1 aliphatic heterocycles. The van der Waals surface area contributed by atoms with Gasteiger partial charge in [-0.1, -0.05) is 18.2 Å². The van der Waals surface area contributed by atoms with Crippen LogP contribution in [0.1, 0.15) is 16.1 Å². The Kier molecular flexibility index (Phi) is 4.59. The number of carboxylic acid groups (broad SMARTS) is 1. The summed E-state index contributed by atoms with van der Waals surface area (Å²) in [6, 6.07) is 14.7. The molecule has 1 aliphatic rings. The number of aromatic hydroxyl groups is 1. The number of carboxylic acids is 1. The van der Waals surface area contributed by atoms with Gasteiger partial charge < -0.3 is 19.7 Å². The van der Waals surface area contributed by atoms with Crippen LogP contribution in [0.2, 0.25) is 0 Å². The van der Waals surface area contributed by atoms with Gasteiger partial charge in [0.15, 0.2) is 0 Å². The van der Waals surface area contributed by atoms with Crippen molar-refractivity contribution in [2.45, 2.75) is 6.54 Å². The minimum atomic E-state index is -0.968. The van der Waals surface area contributed by atoms with Gasteiger partial charge in [-0.05, 0) is 37.4 Å². The average Bonchev–Trinajstić information content (AvgIpc) is 2.97. The predicted molar refractivity (Wildman–Crippen MR) is 105 cm³/mol. The highest BCUT2D eigenvalue weighted by atomic mass is 16.4. The van der Waals surface area contributed by atoms with E-state index in [4.69, 9.17) is 0 Å². The molecule has 0 spiro atoms. The number of rotatable bonds is 4. The molecule has 0 atom stereocenters. The third-order valence-electron chi connectivity index (χ3n) is 5.25. The summed E-state index contributed by atoms with van der Waals surface area (Å²) in [7, 11) is 2.10. The number of phenols is 1. The summed E-state index contributed by atoms with van der Waals surface area (Å²) in [5.41, 5.74) is 2.73. The van der Waals surface area contributed by atoms with E-state index in [9.17, 15) is 15.0 Å². The Morgan fingerprint density at radius 2 is 1.74 bits per heavy atom. The number of aromatic nitrogens is 1. The molecule has 140 valence electrons. The molecule has 6 heteroatoms. The average molecular weight is 365 g/mol. The van der Waals surface area contributed by atoms with Gasteiger partial charge in [-0.25, -0.2) is 4.79 Å². The number of carbonyl (C=O) groups is 1. The highest BCUT2D eigenvalue weighted by Crippen LogP contribution is 2.33. The fourth-order valence-corrected chi connectivity index (χ4v) is 3.81. The molecule has 27 heavy (non-hydrogen) atoms. The van der Waals surface area contributed by atoms with Gasteiger partial charge in [0, 0.05) is 43.8 Å². The predicted octanol–water partition coefficient (Wildman–Crippen LogP) is 2.78. The Morgan fingerprint density at radius 3 is 2.41 bits per heavy atom. The molecule has 6 nitrogen and oxygen atoms in total. The lowest BCUT2D eigenvalue weighted by molar-refractivity contribution is 0.0695. The Bertz CT molecular complexity index is 973. The van der Waals surface area contributed by atoms with Crippen molar-refractivity contribution in [2.24, 2.45) is 0 Å². The molecule has 0 unspecified atom stereocenters. The molecule has 0 saturated carbocycles. The van der Waals surface area contributed by atoms with Crippen molar-refractivity contribution < 1.29 is 15.0 Å². The molecule has 0 aliphatic carbocycles. The van der Waals surface area contributed by atoms with Crippen molar-refractivity contribution in [3.05, 3.63) is 59.8 Å². The number of benzene rings is 2. The van der Waals surface area contributed by atoms with Crippen molar-refractivity contribution >= 4 is 16.9 Å². The van der Waals surface area contributed by atoms with Crippen molar-refractivity contribution in [2.75, 3.05) is 33.2 Å². The van der Waals surface area contributed by atoms with Crippen LogP contribution in [0.3, 0.4) is 0 Å². The zero-order valence-electron chi connectivity index (χ0n) is 15.3. The number of nitrogens with zero attached hydrogens (tertiary/aromatic N) is 3. The summed E-state index contributed by atoms with van der Waals surface area (Å²) >= 11 is 0. The quantitative estimate of drug-likeness (QED) is 0.744. The molecule has 2 N–H and O–H groups in total. The van der Waals surface area contributed by atoms with E-state index in [0.717, 1.165) is 43.1 Å². The molecular formula is C21H23N3O3. The molecule has 2 aromatic carbocycles. The zero-order valence-corrected chi connectivity index (χ0v) is 15.3. The Hall–Kier alpha value is -2.83. The van der Waals surface area contributed by atoms with E-state index in [1.54, 1.807) is 18.2 Å². The van der Waals surface area contributed by atoms with Crippen LogP contribution in [0, 0.1) is 0 Å². The fourth-order valence-electron chi connectivity index (χ4n) is 3.81. The second kappa shape index (κ2) is 7.06. The summed E-state index contributed by atoms with van der Waals surface area (Å²) in [6.07, 6.45) is 0. The lowest BCUT2D eigenvalue weighted by atomic mass is 10.1. The number of aromatic carboxylic acids is 1. The van der Waals surface area contributed by atoms with Crippen molar-refractivity contribution in [3.8, 4) is 11.4 Å². The molecular weight excluding hydrogens is 342 g/mol. The first kappa shape index (κ1) is 17.6. The molecule has 0 radical (unpaired) electrons. The second-order valence-corrected chi connectivity index (χ2v) is 7.08. The lowest BCUT2D eigenvalue weighted by Gasteiger charge is -2.32. The van der Waals surface area contributed by atoms with Gasteiger partial charge in [-0.15, -0.1) is 0 Å². The summed E-state index contributed by atoms with van der Waals surface area (Å²) in [6.45, 7) is 4.29. The first-order valence-corrected chi connectivity index (χ1v) is 9.10. The summed E-state index contributed by atoms with van der Waals surface area (Å²) in [4.78, 5) is 16.7. The summed E-state index contributed by atoms with van der Waals surface area (Å²) in [5, 5.41) is 20.5. The topological polar surface area (TPSA) is 68.9 Å². The standard InChI is InChI=1S/C21H23N3O3/c1-22-9-11-23(12-10-22)14-19-20(21(26)27)17-13-16(25)7-8-18(17)24(19)15-5-3-2-4-6-15/h2-8,13,25H,9-12,14H2,1H3,(H,26,27). The second-order valence-electron chi connectivity index (χ2n) is 7.08. The molecule has 1 fully saturated rings. The summed E-state index contributed by atoms with van der Waals surface area (Å²) < 4.78 is 2.01. The number of piperazine rings is 1. The van der Waals surface area contributed by atoms with E-state index in [-0.39, 0.29) is 11.3 Å². The number of hydrogen-bond acceptors (Lipinski definition) is 4. The number of likely N-dealkylation sites (N-methyl/N-ethyl adjacent to an activating group) is 1. The maximum atomic E-state index is 12.2. The molecule has 3 aromatic rings. The van der Waals surface area contributed by atoms with E-state index in [2.05, 4.69) is 16.8 Å². The van der Waals surface area contributed by atoms with Crippen LogP contribution in [0.25, 0.3) is 16.6 Å². The molecule has 0 bridgehead atoms. The Labute approximate surface area is 157 Å². The third-order valence-corrected chi connectivity index (χ3v) is 5.25. The maximum Gasteiger partial charge on any atom is 0.338 e. The Morgan fingerprint density at radius 1 is 1.04 bits per heavy atom. The van der Waals surface area contributed by atoms with Crippen molar-refractivity contribution in [1.82, 2.24) is 14.4 Å². The van der Waals surface area contributed by atoms with Gasteiger partial charge in [0.25, 0.3) is 0 Å². The highest BCUT2D eigenvalue weighted by molar-refractivity contribution is 6.06. The lowest BCUT2D eigenvalue weighted by Crippen LogP contribution is -2.44. The van der Waals surface area contributed by atoms with Crippen molar-refractivity contribution in [1.29, 1.82) is 0 Å². The molecule has 4 rings (SSSR count).